The third-order valence-electron chi connectivity index (χ3n) is 2.28. The maximum absolute atomic E-state index is 13.3. The summed E-state index contributed by atoms with van der Waals surface area (Å²) in [6.45, 7) is -0.0747. The number of carbonyl (C=O) groups excluding carboxylic acids is 1. The number of aromatic nitrogens is 1. The molecule has 0 aliphatic carbocycles. The van der Waals surface area contributed by atoms with Crippen LogP contribution in [-0.4, -0.2) is 44.4 Å². The first-order chi connectivity index (χ1) is 8.86. The predicted molar refractivity (Wildman–Crippen MR) is 66.0 cm³/mol. The van der Waals surface area contributed by atoms with Crippen molar-refractivity contribution in [1.29, 1.82) is 0 Å². The molecule has 0 bridgehead atoms. The van der Waals surface area contributed by atoms with Gasteiger partial charge in [0, 0.05) is 19.8 Å². The Bertz CT molecular complexity index is 549. The van der Waals surface area contributed by atoms with Crippen LogP contribution in [0.3, 0.4) is 0 Å². The molecule has 106 valence electrons. The van der Waals surface area contributed by atoms with Crippen LogP contribution in [0.2, 0.25) is 0 Å². The van der Waals surface area contributed by atoms with Crippen molar-refractivity contribution < 1.29 is 22.3 Å². The van der Waals surface area contributed by atoms with E-state index in [1.807, 2.05) is 0 Å². The molecule has 0 aliphatic heterocycles. The van der Waals surface area contributed by atoms with Gasteiger partial charge in [0.1, 0.15) is 0 Å². The van der Waals surface area contributed by atoms with E-state index >= 15 is 0 Å². The lowest BCUT2D eigenvalue weighted by molar-refractivity contribution is -0.140. The van der Waals surface area contributed by atoms with E-state index in [0.29, 0.717) is 0 Å². The summed E-state index contributed by atoms with van der Waals surface area (Å²) in [6.07, 6.45) is 2.06. The normalized spacial score (nSPS) is 11.4. The molecule has 0 saturated carbocycles. The van der Waals surface area contributed by atoms with Gasteiger partial charge in [-0.1, -0.05) is 0 Å². The Morgan fingerprint density at radius 2 is 2.26 bits per heavy atom. The minimum absolute atomic E-state index is 0.0747. The average Bonchev–Trinajstić information content (AvgIpc) is 2.37. The minimum atomic E-state index is -3.93. The van der Waals surface area contributed by atoms with E-state index in [1.54, 1.807) is 0 Å². The predicted octanol–water partition coefficient (Wildman–Crippen LogP) is 0.372. The number of ether oxygens (including phenoxy) is 1. The second kappa shape index (κ2) is 6.43. The van der Waals surface area contributed by atoms with Crippen LogP contribution in [0, 0.1) is 5.82 Å². The first-order valence-electron chi connectivity index (χ1n) is 5.27. The topological polar surface area (TPSA) is 88.6 Å². The molecular formula is C10H14FN3O4S. The third kappa shape index (κ3) is 4.45. The first-order valence-corrected chi connectivity index (χ1v) is 6.71. The Morgan fingerprint density at radius 1 is 1.58 bits per heavy atom. The minimum Gasteiger partial charge on any atom is -0.469 e. The van der Waals surface area contributed by atoms with Crippen molar-refractivity contribution in [3.8, 4) is 0 Å². The average molecular weight is 291 g/mol. The van der Waals surface area contributed by atoms with Gasteiger partial charge in [0.05, 0.1) is 25.4 Å². The van der Waals surface area contributed by atoms with E-state index in [2.05, 4.69) is 14.4 Å². The lowest BCUT2D eigenvalue weighted by Gasteiger charge is -2.17. The summed E-state index contributed by atoms with van der Waals surface area (Å²) in [4.78, 5) is 14.4. The fourth-order valence-electron chi connectivity index (χ4n) is 1.15. The van der Waals surface area contributed by atoms with E-state index in [-0.39, 0.29) is 18.7 Å². The molecule has 0 fully saturated rings. The van der Waals surface area contributed by atoms with Crippen LogP contribution in [0.4, 0.5) is 10.1 Å². The Labute approximate surface area is 110 Å². The highest BCUT2D eigenvalue weighted by Crippen LogP contribution is 2.14. The van der Waals surface area contributed by atoms with Crippen LogP contribution in [0.5, 0.6) is 0 Å². The SMILES string of the molecule is COC(=O)CCN(C)S(=O)(=O)Nc1ccncc1F. The molecule has 7 nitrogen and oxygen atoms in total. The van der Waals surface area contributed by atoms with Crippen molar-refractivity contribution >= 4 is 21.9 Å². The Balaban J connectivity index is 2.70. The number of nitrogens with zero attached hydrogens (tertiary/aromatic N) is 2. The summed E-state index contributed by atoms with van der Waals surface area (Å²) >= 11 is 0. The summed E-state index contributed by atoms with van der Waals surface area (Å²) in [5.41, 5.74) is -0.208. The van der Waals surface area contributed by atoms with Crippen LogP contribution in [0.25, 0.3) is 0 Å². The zero-order valence-electron chi connectivity index (χ0n) is 10.5. The van der Waals surface area contributed by atoms with Gasteiger partial charge in [0.15, 0.2) is 5.82 Å². The molecule has 0 radical (unpaired) electrons. The summed E-state index contributed by atoms with van der Waals surface area (Å²) in [7, 11) is -1.45. The standard InChI is InChI=1S/C10H14FN3O4S/c1-14(6-4-10(15)18-2)19(16,17)13-9-3-5-12-7-8(9)11/h3,5,7H,4,6H2,1-2H3,(H,12,13). The van der Waals surface area contributed by atoms with Gasteiger partial charge in [0.2, 0.25) is 0 Å². The number of nitrogens with one attached hydrogen (secondary N) is 1. The number of methoxy groups -OCH3 is 1. The molecule has 0 aromatic carbocycles. The van der Waals surface area contributed by atoms with Gasteiger partial charge in [-0.2, -0.15) is 12.7 Å². The zero-order valence-corrected chi connectivity index (χ0v) is 11.3. The molecule has 0 saturated heterocycles. The fraction of sp³-hybridized carbons (Fsp3) is 0.400. The van der Waals surface area contributed by atoms with Gasteiger partial charge in [-0.3, -0.25) is 14.5 Å². The molecule has 19 heavy (non-hydrogen) atoms. The van der Waals surface area contributed by atoms with Gasteiger partial charge in [-0.15, -0.1) is 0 Å². The molecule has 0 atom stereocenters. The maximum Gasteiger partial charge on any atom is 0.306 e. The van der Waals surface area contributed by atoms with Crippen molar-refractivity contribution in [1.82, 2.24) is 9.29 Å². The molecule has 0 amide bonds. The van der Waals surface area contributed by atoms with Crippen LogP contribution in [0.1, 0.15) is 6.42 Å². The summed E-state index contributed by atoms with van der Waals surface area (Å²) < 4.78 is 44.3. The molecule has 0 unspecified atom stereocenters. The van der Waals surface area contributed by atoms with Crippen molar-refractivity contribution in [2.24, 2.45) is 0 Å². The molecule has 1 aromatic heterocycles. The molecule has 0 spiro atoms. The van der Waals surface area contributed by atoms with Gasteiger partial charge in [-0.05, 0) is 6.07 Å². The van der Waals surface area contributed by atoms with Gasteiger partial charge in [0.25, 0.3) is 0 Å². The van der Waals surface area contributed by atoms with Crippen LogP contribution >= 0.6 is 0 Å². The number of anilines is 1. The van der Waals surface area contributed by atoms with Crippen LogP contribution in [0.15, 0.2) is 18.5 Å². The monoisotopic (exact) mass is 291 g/mol. The molecule has 1 aromatic rings. The third-order valence-corrected chi connectivity index (χ3v) is 3.76. The summed E-state index contributed by atoms with van der Waals surface area (Å²) in [6, 6.07) is 1.20. The van der Waals surface area contributed by atoms with Crippen molar-refractivity contribution in [2.45, 2.75) is 6.42 Å². The quantitative estimate of drug-likeness (QED) is 0.765. The number of halogens is 1. The molecule has 9 heteroatoms. The lowest BCUT2D eigenvalue weighted by atomic mass is 10.4. The lowest BCUT2D eigenvalue weighted by Crippen LogP contribution is -2.34. The smallest absolute Gasteiger partial charge is 0.306 e. The highest BCUT2D eigenvalue weighted by Gasteiger charge is 2.20. The van der Waals surface area contributed by atoms with Crippen molar-refractivity contribution in [3.05, 3.63) is 24.3 Å². The Hall–Kier alpha value is -1.74. The molecule has 1 heterocycles. The number of carbonyl (C=O) groups is 1. The number of esters is 1. The van der Waals surface area contributed by atoms with Crippen molar-refractivity contribution in [2.75, 3.05) is 25.4 Å². The number of rotatable bonds is 6. The van der Waals surface area contributed by atoms with Gasteiger partial charge in [-0.25, -0.2) is 4.39 Å². The maximum atomic E-state index is 13.3. The first kappa shape index (κ1) is 15.3. The van der Waals surface area contributed by atoms with E-state index < -0.39 is 22.0 Å². The Morgan fingerprint density at radius 3 is 2.84 bits per heavy atom. The highest BCUT2D eigenvalue weighted by molar-refractivity contribution is 7.90. The number of hydrogen-bond donors (Lipinski definition) is 1. The van der Waals surface area contributed by atoms with Gasteiger partial charge >= 0.3 is 16.2 Å². The number of hydrogen-bond acceptors (Lipinski definition) is 5. The van der Waals surface area contributed by atoms with Crippen LogP contribution < -0.4 is 4.72 Å². The van der Waals surface area contributed by atoms with E-state index in [4.69, 9.17) is 0 Å². The second-order valence-electron chi connectivity index (χ2n) is 3.61. The second-order valence-corrected chi connectivity index (χ2v) is 5.39. The summed E-state index contributed by atoms with van der Waals surface area (Å²) in [5, 5.41) is 0. The molecule has 1 N–H and O–H groups in total. The molecular weight excluding hydrogens is 277 g/mol. The largest absolute Gasteiger partial charge is 0.469 e. The van der Waals surface area contributed by atoms with E-state index in [9.17, 15) is 17.6 Å². The van der Waals surface area contributed by atoms with E-state index in [1.165, 1.54) is 26.4 Å². The molecule has 0 aliphatic rings. The van der Waals surface area contributed by atoms with Crippen molar-refractivity contribution in [3.63, 3.8) is 0 Å². The highest BCUT2D eigenvalue weighted by atomic mass is 32.2. The zero-order chi connectivity index (χ0) is 14.5. The Kier molecular flexibility index (Phi) is 5.19. The van der Waals surface area contributed by atoms with E-state index in [0.717, 1.165) is 10.5 Å². The molecule has 1 rings (SSSR count). The number of pyridine rings is 1. The van der Waals surface area contributed by atoms with Gasteiger partial charge < -0.3 is 4.74 Å². The van der Waals surface area contributed by atoms with Crippen LogP contribution in [-0.2, 0) is 19.7 Å². The summed E-state index contributed by atoms with van der Waals surface area (Å²) in [5.74, 6) is -1.32. The fourth-order valence-corrected chi connectivity index (χ4v) is 2.08.